The maximum atomic E-state index is 5.94. The number of hydrogen-bond acceptors (Lipinski definition) is 3. The molecule has 3 rings (SSSR count). The van der Waals surface area contributed by atoms with Crippen LogP contribution in [0.3, 0.4) is 0 Å². The summed E-state index contributed by atoms with van der Waals surface area (Å²) in [7, 11) is 0. The third-order valence-electron chi connectivity index (χ3n) is 3.75. The Bertz CT molecular complexity index is 592. The van der Waals surface area contributed by atoms with Crippen molar-refractivity contribution in [1.29, 1.82) is 0 Å². The summed E-state index contributed by atoms with van der Waals surface area (Å²) in [6.07, 6.45) is 1.10. The van der Waals surface area contributed by atoms with Crippen molar-refractivity contribution in [2.45, 2.75) is 24.8 Å². The maximum absolute atomic E-state index is 5.94. The van der Waals surface area contributed by atoms with E-state index in [-0.39, 0.29) is 0 Å². The second kappa shape index (κ2) is 5.80. The van der Waals surface area contributed by atoms with Gasteiger partial charge in [0, 0.05) is 29.4 Å². The van der Waals surface area contributed by atoms with Crippen LogP contribution >= 0.6 is 11.8 Å². The number of thioether (sulfide) groups is 1. The first kappa shape index (κ1) is 13.4. The minimum absolute atomic E-state index is 0.845. The molecule has 2 aromatic rings. The molecule has 0 saturated carbocycles. The molecule has 1 aliphatic heterocycles. The Labute approximate surface area is 125 Å². The van der Waals surface area contributed by atoms with Crippen molar-refractivity contribution in [3.8, 4) is 0 Å². The van der Waals surface area contributed by atoms with Gasteiger partial charge in [-0.25, -0.2) is 0 Å². The van der Waals surface area contributed by atoms with Gasteiger partial charge in [0.15, 0.2) is 0 Å². The van der Waals surface area contributed by atoms with Crippen molar-refractivity contribution < 1.29 is 0 Å². The number of hydrogen-bond donors (Lipinski definition) is 1. The fourth-order valence-electron chi connectivity index (χ4n) is 2.55. The van der Waals surface area contributed by atoms with E-state index in [1.165, 1.54) is 21.7 Å². The van der Waals surface area contributed by atoms with Gasteiger partial charge in [-0.3, -0.25) is 0 Å². The second-order valence-electron chi connectivity index (χ2n) is 5.17. The summed E-state index contributed by atoms with van der Waals surface area (Å²) in [5.41, 5.74) is 10.8. The van der Waals surface area contributed by atoms with Crippen molar-refractivity contribution in [3.05, 3.63) is 53.6 Å². The summed E-state index contributed by atoms with van der Waals surface area (Å²) >= 11 is 1.92. The zero-order valence-corrected chi connectivity index (χ0v) is 12.6. The number of anilines is 2. The van der Waals surface area contributed by atoms with Gasteiger partial charge < -0.3 is 10.6 Å². The number of fused-ring (bicyclic) bond motifs is 1. The molecule has 1 heterocycles. The third kappa shape index (κ3) is 2.78. The number of aryl methyl sites for hydroxylation is 1. The van der Waals surface area contributed by atoms with E-state index in [4.69, 9.17) is 5.73 Å². The lowest BCUT2D eigenvalue weighted by Gasteiger charge is -2.31. The Morgan fingerprint density at radius 1 is 1.10 bits per heavy atom. The molecule has 104 valence electrons. The van der Waals surface area contributed by atoms with E-state index in [1.54, 1.807) is 0 Å². The second-order valence-corrected chi connectivity index (χ2v) is 6.30. The summed E-state index contributed by atoms with van der Waals surface area (Å²) in [5, 5.41) is 0. The smallest absolute Gasteiger partial charge is 0.0528 e. The molecule has 0 unspecified atom stereocenters. The van der Waals surface area contributed by atoms with Crippen molar-refractivity contribution in [1.82, 2.24) is 0 Å². The number of nitrogens with two attached hydrogens (primary N) is 1. The van der Waals surface area contributed by atoms with Crippen molar-refractivity contribution >= 4 is 23.1 Å². The van der Waals surface area contributed by atoms with Gasteiger partial charge in [0.05, 0.1) is 5.69 Å². The highest BCUT2D eigenvalue weighted by atomic mass is 32.2. The molecule has 20 heavy (non-hydrogen) atoms. The molecule has 0 radical (unpaired) electrons. The Balaban J connectivity index is 1.83. The summed E-state index contributed by atoms with van der Waals surface area (Å²) in [6.45, 7) is 4.23. The van der Waals surface area contributed by atoms with Crippen LogP contribution in [0.1, 0.15) is 18.1 Å². The van der Waals surface area contributed by atoms with E-state index in [0.717, 1.165) is 31.0 Å². The lowest BCUT2D eigenvalue weighted by molar-refractivity contribution is 0.817. The molecule has 0 spiro atoms. The minimum atomic E-state index is 0.845. The van der Waals surface area contributed by atoms with Gasteiger partial charge in [0.25, 0.3) is 0 Å². The van der Waals surface area contributed by atoms with Crippen LogP contribution < -0.4 is 10.6 Å². The molecule has 1 aliphatic rings. The maximum Gasteiger partial charge on any atom is 0.0528 e. The van der Waals surface area contributed by atoms with Crippen LogP contribution in [-0.4, -0.2) is 12.3 Å². The van der Waals surface area contributed by atoms with Crippen LogP contribution in [0, 0.1) is 0 Å². The van der Waals surface area contributed by atoms with Crippen LogP contribution in [0.5, 0.6) is 0 Å². The summed E-state index contributed by atoms with van der Waals surface area (Å²) in [4.78, 5) is 3.78. The molecule has 0 aliphatic carbocycles. The van der Waals surface area contributed by atoms with Crippen molar-refractivity contribution in [2.24, 2.45) is 0 Å². The number of benzene rings is 2. The molecular formula is C17H20N2S. The fraction of sp³-hybridized carbons (Fsp3) is 0.294. The molecule has 2 N–H and O–H groups in total. The van der Waals surface area contributed by atoms with Crippen LogP contribution in [-0.2, 0) is 13.0 Å². The molecular weight excluding hydrogens is 264 g/mol. The Hall–Kier alpha value is -1.61. The predicted molar refractivity (Wildman–Crippen MR) is 88.4 cm³/mol. The predicted octanol–water partition coefficient (Wildman–Crippen LogP) is 3.94. The summed E-state index contributed by atoms with van der Waals surface area (Å²) in [5.74, 6) is 1.14. The van der Waals surface area contributed by atoms with Crippen LogP contribution in [0.15, 0.2) is 47.4 Å². The average molecular weight is 284 g/mol. The topological polar surface area (TPSA) is 29.3 Å². The molecule has 3 heteroatoms. The summed E-state index contributed by atoms with van der Waals surface area (Å²) in [6, 6.07) is 15.2. The number of nitrogen functional groups attached to an aromatic ring is 1. The standard InChI is InChI=1S/C17H20N2S/c1-2-13-3-5-14(6-4-13)12-19-9-10-20-17-8-7-15(18)11-16(17)19/h3-8,11H,2,9-10,12,18H2,1H3. The minimum Gasteiger partial charge on any atom is -0.399 e. The lowest BCUT2D eigenvalue weighted by Crippen LogP contribution is -2.28. The highest BCUT2D eigenvalue weighted by molar-refractivity contribution is 7.99. The lowest BCUT2D eigenvalue weighted by atomic mass is 10.1. The monoisotopic (exact) mass is 284 g/mol. The van der Waals surface area contributed by atoms with Crippen LogP contribution in [0.2, 0.25) is 0 Å². The van der Waals surface area contributed by atoms with E-state index < -0.39 is 0 Å². The first-order chi connectivity index (χ1) is 9.76. The van der Waals surface area contributed by atoms with E-state index in [1.807, 2.05) is 17.8 Å². The van der Waals surface area contributed by atoms with Gasteiger partial charge >= 0.3 is 0 Å². The zero-order valence-electron chi connectivity index (χ0n) is 11.8. The van der Waals surface area contributed by atoms with Gasteiger partial charge in [0.1, 0.15) is 0 Å². The molecule has 2 aromatic carbocycles. The largest absolute Gasteiger partial charge is 0.399 e. The number of nitrogens with zero attached hydrogens (tertiary/aromatic N) is 1. The fourth-order valence-corrected chi connectivity index (χ4v) is 3.59. The quantitative estimate of drug-likeness (QED) is 0.866. The van der Waals surface area contributed by atoms with Gasteiger partial charge in [-0.2, -0.15) is 0 Å². The van der Waals surface area contributed by atoms with Gasteiger partial charge in [-0.05, 0) is 35.7 Å². The average Bonchev–Trinajstić information content (AvgIpc) is 2.49. The molecule has 2 nitrogen and oxygen atoms in total. The normalized spacial score (nSPS) is 14.2. The van der Waals surface area contributed by atoms with E-state index in [9.17, 15) is 0 Å². The Kier molecular flexibility index (Phi) is 3.88. The molecule has 0 aromatic heterocycles. The highest BCUT2D eigenvalue weighted by Crippen LogP contribution is 2.36. The molecule has 0 atom stereocenters. The van der Waals surface area contributed by atoms with Gasteiger partial charge in [-0.1, -0.05) is 31.2 Å². The van der Waals surface area contributed by atoms with Crippen molar-refractivity contribution in [2.75, 3.05) is 22.9 Å². The summed E-state index contributed by atoms with van der Waals surface area (Å²) < 4.78 is 0. The van der Waals surface area contributed by atoms with Crippen LogP contribution in [0.25, 0.3) is 0 Å². The molecule has 0 saturated heterocycles. The van der Waals surface area contributed by atoms with Crippen molar-refractivity contribution in [3.63, 3.8) is 0 Å². The Morgan fingerprint density at radius 3 is 2.60 bits per heavy atom. The van der Waals surface area contributed by atoms with Gasteiger partial charge in [0.2, 0.25) is 0 Å². The van der Waals surface area contributed by atoms with Gasteiger partial charge in [-0.15, -0.1) is 11.8 Å². The first-order valence-corrected chi connectivity index (χ1v) is 8.10. The van der Waals surface area contributed by atoms with E-state index in [2.05, 4.69) is 48.2 Å². The van der Waals surface area contributed by atoms with E-state index in [0.29, 0.717) is 0 Å². The number of rotatable bonds is 3. The zero-order chi connectivity index (χ0) is 13.9. The Morgan fingerprint density at radius 2 is 1.85 bits per heavy atom. The highest BCUT2D eigenvalue weighted by Gasteiger charge is 2.17. The SMILES string of the molecule is CCc1ccc(CN2CCSc3ccc(N)cc32)cc1. The molecule has 0 amide bonds. The molecule has 0 bridgehead atoms. The third-order valence-corrected chi connectivity index (χ3v) is 4.79. The van der Waals surface area contributed by atoms with Crippen LogP contribution in [0.4, 0.5) is 11.4 Å². The first-order valence-electron chi connectivity index (χ1n) is 7.11. The van der Waals surface area contributed by atoms with E-state index >= 15 is 0 Å². The molecule has 0 fully saturated rings.